The molecule has 1 aromatic rings. The lowest BCUT2D eigenvalue weighted by atomic mass is 9.90. The summed E-state index contributed by atoms with van der Waals surface area (Å²) in [5.74, 6) is -0.840. The lowest BCUT2D eigenvalue weighted by Crippen LogP contribution is -2.29. The van der Waals surface area contributed by atoms with Crippen molar-refractivity contribution in [3.8, 4) is 0 Å². The fourth-order valence-corrected chi connectivity index (χ4v) is 2.29. The van der Waals surface area contributed by atoms with E-state index in [4.69, 9.17) is 15.2 Å². The molecule has 0 spiro atoms. The van der Waals surface area contributed by atoms with Gasteiger partial charge in [-0.3, -0.25) is 9.59 Å². The molecule has 5 nitrogen and oxygen atoms in total. The molecular weight excluding hydrogens is 318 g/mol. The van der Waals surface area contributed by atoms with Gasteiger partial charge in [-0.1, -0.05) is 53.7 Å². The van der Waals surface area contributed by atoms with E-state index in [-0.39, 0.29) is 51.6 Å². The first-order valence-corrected chi connectivity index (χ1v) is 8.38. The number of carbonyl (C=O) groups excluding carboxylic acids is 2. The van der Waals surface area contributed by atoms with Gasteiger partial charge in [-0.25, -0.2) is 0 Å². The maximum atomic E-state index is 12.9. The van der Waals surface area contributed by atoms with Crippen molar-refractivity contribution in [3.63, 3.8) is 0 Å². The normalized spacial score (nSPS) is 15.3. The van der Waals surface area contributed by atoms with Gasteiger partial charge in [0.25, 0.3) is 0 Å². The van der Waals surface area contributed by atoms with Crippen molar-refractivity contribution in [2.24, 2.45) is 10.8 Å². The number of benzene rings is 1. The third-order valence-corrected chi connectivity index (χ3v) is 3.49. The Morgan fingerprint density at radius 1 is 0.840 bits per heavy atom. The van der Waals surface area contributed by atoms with Crippen molar-refractivity contribution >= 4 is 17.3 Å². The first kappa shape index (κ1) is 19.0. The van der Waals surface area contributed by atoms with Crippen LogP contribution in [0.4, 0.5) is 5.69 Å². The van der Waals surface area contributed by atoms with E-state index >= 15 is 0 Å². The number of ether oxygens (including phenoxy) is 2. The molecule has 0 aliphatic heterocycles. The summed E-state index contributed by atoms with van der Waals surface area (Å²) in [6, 6.07) is 4.85. The maximum Gasteiger partial charge on any atom is 0.234 e. The Hall–Kier alpha value is -2.30. The molecule has 2 rings (SSSR count). The minimum atomic E-state index is -0.402. The van der Waals surface area contributed by atoms with E-state index in [0.717, 1.165) is 0 Å². The molecule has 136 valence electrons. The van der Waals surface area contributed by atoms with Crippen LogP contribution in [0.5, 0.6) is 0 Å². The number of ketones is 2. The average Bonchev–Trinajstić information content (AvgIpc) is 2.46. The summed E-state index contributed by atoms with van der Waals surface area (Å²) >= 11 is 0. The minimum absolute atomic E-state index is 0.0257. The number of nitrogen functional groups attached to an aromatic ring is 1. The molecule has 0 radical (unpaired) electrons. The monoisotopic (exact) mass is 345 g/mol. The maximum absolute atomic E-state index is 12.9. The summed E-state index contributed by atoms with van der Waals surface area (Å²) in [5.41, 5.74) is 6.32. The van der Waals surface area contributed by atoms with Crippen LogP contribution in [0.1, 0.15) is 62.3 Å². The van der Waals surface area contributed by atoms with Gasteiger partial charge < -0.3 is 15.2 Å². The second kappa shape index (κ2) is 6.54. The molecule has 0 atom stereocenters. The largest absolute Gasteiger partial charge is 0.486 e. The molecule has 0 bridgehead atoms. The van der Waals surface area contributed by atoms with Crippen molar-refractivity contribution in [2.45, 2.75) is 41.5 Å². The number of rotatable bonds is 4. The summed E-state index contributed by atoms with van der Waals surface area (Å²) < 4.78 is 11.5. The average molecular weight is 345 g/mol. The van der Waals surface area contributed by atoms with Crippen LogP contribution in [0, 0.1) is 10.8 Å². The summed E-state index contributed by atoms with van der Waals surface area (Å²) in [7, 11) is 0. The number of nitrogens with two attached hydrogens (primary N) is 1. The first-order valence-electron chi connectivity index (χ1n) is 8.38. The molecule has 0 unspecified atom stereocenters. The highest BCUT2D eigenvalue weighted by atomic mass is 16.5. The molecule has 0 amide bonds. The van der Waals surface area contributed by atoms with Gasteiger partial charge in [0.2, 0.25) is 23.1 Å². The minimum Gasteiger partial charge on any atom is -0.486 e. The summed E-state index contributed by atoms with van der Waals surface area (Å²) in [5, 5.41) is 0. The molecule has 0 fully saturated rings. The Morgan fingerprint density at radius 2 is 1.32 bits per heavy atom. The van der Waals surface area contributed by atoms with E-state index in [1.807, 2.05) is 41.5 Å². The van der Waals surface area contributed by atoms with Gasteiger partial charge in [-0.05, 0) is 16.9 Å². The highest BCUT2D eigenvalue weighted by molar-refractivity contribution is 6.27. The van der Waals surface area contributed by atoms with E-state index in [0.29, 0.717) is 6.61 Å². The number of carbonyl (C=O) groups is 2. The van der Waals surface area contributed by atoms with Crippen LogP contribution >= 0.6 is 0 Å². The number of hydrogen-bond donors (Lipinski definition) is 1. The van der Waals surface area contributed by atoms with E-state index < -0.39 is 5.78 Å². The zero-order chi connectivity index (χ0) is 19.0. The van der Waals surface area contributed by atoms with Gasteiger partial charge in [0, 0.05) is 11.3 Å². The van der Waals surface area contributed by atoms with Gasteiger partial charge >= 0.3 is 0 Å². The third kappa shape index (κ3) is 4.41. The van der Waals surface area contributed by atoms with Crippen LogP contribution in [0.2, 0.25) is 0 Å². The number of fused-ring (bicyclic) bond motifs is 1. The summed E-state index contributed by atoms with van der Waals surface area (Å²) in [6.07, 6.45) is 0. The molecule has 2 N–H and O–H groups in total. The van der Waals surface area contributed by atoms with Gasteiger partial charge in [0.05, 0.1) is 18.8 Å². The fraction of sp³-hybridized carbons (Fsp3) is 0.500. The standard InChI is InChI=1S/C20H27NO4/c1-19(2,3)10-24-17-15(22)12-8-7-9-13(21)14(12)16(23)18(17)25-11-20(4,5)6/h7-9H,10-11,21H2,1-6H3. The van der Waals surface area contributed by atoms with Crippen LogP contribution in [0.25, 0.3) is 0 Å². The number of Topliss-reactive ketones (excluding diaryl/α,β-unsaturated/α-hetero) is 2. The lowest BCUT2D eigenvalue weighted by Gasteiger charge is -2.27. The van der Waals surface area contributed by atoms with Crippen molar-refractivity contribution in [1.29, 1.82) is 0 Å². The van der Waals surface area contributed by atoms with Gasteiger partial charge in [0.15, 0.2) is 0 Å². The molecule has 0 saturated heterocycles. The van der Waals surface area contributed by atoms with E-state index in [1.54, 1.807) is 18.2 Å². The second-order valence-electron chi connectivity index (χ2n) is 8.78. The Balaban J connectivity index is 2.48. The Labute approximate surface area is 149 Å². The predicted molar refractivity (Wildman–Crippen MR) is 97.4 cm³/mol. The second-order valence-corrected chi connectivity index (χ2v) is 8.78. The highest BCUT2D eigenvalue weighted by Crippen LogP contribution is 2.33. The number of allylic oxidation sites excluding steroid dienone is 2. The van der Waals surface area contributed by atoms with Crippen LogP contribution in [-0.2, 0) is 9.47 Å². The molecule has 1 aliphatic carbocycles. The smallest absolute Gasteiger partial charge is 0.234 e. The molecule has 5 heteroatoms. The molecule has 0 heterocycles. The molecule has 25 heavy (non-hydrogen) atoms. The van der Waals surface area contributed by atoms with Crippen LogP contribution < -0.4 is 5.73 Å². The first-order chi connectivity index (χ1) is 11.4. The number of hydrogen-bond acceptors (Lipinski definition) is 5. The summed E-state index contributed by atoms with van der Waals surface area (Å²) in [6.45, 7) is 12.5. The van der Waals surface area contributed by atoms with Gasteiger partial charge in [-0.15, -0.1) is 0 Å². The lowest BCUT2D eigenvalue weighted by molar-refractivity contribution is 0.0572. The molecule has 0 aromatic heterocycles. The highest BCUT2D eigenvalue weighted by Gasteiger charge is 2.37. The van der Waals surface area contributed by atoms with Gasteiger partial charge in [-0.2, -0.15) is 0 Å². The Bertz CT molecular complexity index is 733. The number of anilines is 1. The van der Waals surface area contributed by atoms with Crippen LogP contribution in [0.3, 0.4) is 0 Å². The fourth-order valence-electron chi connectivity index (χ4n) is 2.29. The molecular formula is C20H27NO4. The third-order valence-electron chi connectivity index (χ3n) is 3.49. The Morgan fingerprint density at radius 3 is 1.80 bits per heavy atom. The van der Waals surface area contributed by atoms with Crippen LogP contribution in [0.15, 0.2) is 29.7 Å². The molecule has 0 saturated carbocycles. The van der Waals surface area contributed by atoms with Crippen LogP contribution in [-0.4, -0.2) is 24.8 Å². The van der Waals surface area contributed by atoms with Crippen molar-refractivity contribution < 1.29 is 19.1 Å². The zero-order valence-electron chi connectivity index (χ0n) is 15.9. The topological polar surface area (TPSA) is 78.6 Å². The molecule has 1 aromatic carbocycles. The van der Waals surface area contributed by atoms with Gasteiger partial charge in [0.1, 0.15) is 0 Å². The molecule has 1 aliphatic rings. The van der Waals surface area contributed by atoms with E-state index in [2.05, 4.69) is 0 Å². The predicted octanol–water partition coefficient (Wildman–Crippen LogP) is 3.98. The SMILES string of the molecule is CC(C)(C)COC1=C(OCC(C)(C)C)C(=O)c2c(N)cccc2C1=O. The van der Waals surface area contributed by atoms with Crippen molar-refractivity contribution in [3.05, 3.63) is 40.8 Å². The van der Waals surface area contributed by atoms with Crippen molar-refractivity contribution in [1.82, 2.24) is 0 Å². The van der Waals surface area contributed by atoms with Crippen molar-refractivity contribution in [2.75, 3.05) is 18.9 Å². The van der Waals surface area contributed by atoms with E-state index in [9.17, 15) is 9.59 Å². The quantitative estimate of drug-likeness (QED) is 0.835. The van der Waals surface area contributed by atoms with E-state index in [1.165, 1.54) is 0 Å². The Kier molecular flexibility index (Phi) is 4.98. The summed E-state index contributed by atoms with van der Waals surface area (Å²) in [4.78, 5) is 25.8. The zero-order valence-corrected chi connectivity index (χ0v) is 15.9.